The van der Waals surface area contributed by atoms with E-state index >= 15 is 0 Å². The molecule has 4 nitrogen and oxygen atoms in total. The lowest BCUT2D eigenvalue weighted by Crippen LogP contribution is -2.27. The fourth-order valence-electron chi connectivity index (χ4n) is 4.39. The second kappa shape index (κ2) is 28.6. The molecule has 0 aromatic carbocycles. The Labute approximate surface area is 213 Å². The van der Waals surface area contributed by atoms with E-state index in [1.165, 1.54) is 122 Å². The van der Waals surface area contributed by atoms with Gasteiger partial charge in [-0.05, 0) is 12.8 Å². The lowest BCUT2D eigenvalue weighted by Gasteiger charge is -2.15. The highest BCUT2D eigenvalue weighted by Gasteiger charge is 2.13. The summed E-state index contributed by atoms with van der Waals surface area (Å²) in [6.07, 6.45) is 28.4. The van der Waals surface area contributed by atoms with Gasteiger partial charge in [0.1, 0.15) is 6.10 Å². The Bertz CT molecular complexity index is 399. The summed E-state index contributed by atoms with van der Waals surface area (Å²) in [6, 6.07) is 0. The van der Waals surface area contributed by atoms with Crippen LogP contribution in [0.3, 0.4) is 0 Å². The first kappa shape index (κ1) is 33.4. The third-order valence-corrected chi connectivity index (χ3v) is 6.68. The lowest BCUT2D eigenvalue weighted by atomic mass is 10.0. The van der Waals surface area contributed by atoms with Gasteiger partial charge in [-0.2, -0.15) is 0 Å². The Hall–Kier alpha value is -0.610. The summed E-state index contributed by atoms with van der Waals surface area (Å²) >= 11 is 0. The average Bonchev–Trinajstić information content (AvgIpc) is 2.84. The van der Waals surface area contributed by atoms with Crippen LogP contribution >= 0.6 is 0 Å². The molecule has 1 atom stereocenters. The van der Waals surface area contributed by atoms with Gasteiger partial charge in [-0.25, -0.2) is 0 Å². The van der Waals surface area contributed by atoms with E-state index in [0.29, 0.717) is 19.6 Å². The third kappa shape index (κ3) is 26.0. The van der Waals surface area contributed by atoms with E-state index in [2.05, 4.69) is 13.8 Å². The highest BCUT2D eigenvalue weighted by Crippen LogP contribution is 2.14. The van der Waals surface area contributed by atoms with Crippen LogP contribution in [0.1, 0.15) is 162 Å². The van der Waals surface area contributed by atoms with Crippen molar-refractivity contribution in [2.75, 3.05) is 19.8 Å². The van der Waals surface area contributed by atoms with Crippen LogP contribution in [0.25, 0.3) is 0 Å². The molecule has 0 bridgehead atoms. The molecule has 0 aliphatic heterocycles. The zero-order valence-corrected chi connectivity index (χ0v) is 23.1. The number of aliphatic hydroxyl groups is 1. The van der Waals surface area contributed by atoms with Crippen molar-refractivity contribution in [2.45, 2.75) is 168 Å². The first-order valence-electron chi connectivity index (χ1n) is 15.1. The monoisotopic (exact) mass is 484 g/mol. The number of rotatable bonds is 28. The molecule has 0 fully saturated rings. The van der Waals surface area contributed by atoms with Crippen molar-refractivity contribution < 1.29 is 19.4 Å². The minimum atomic E-state index is -0.520. The standard InChI is InChI=1S/C30H60O4/c1-3-5-7-9-11-12-13-14-15-16-17-18-19-21-23-25-30(32)34-29(27-31)28-33-26-24-22-20-10-8-6-4-2/h29,31H,3-28H2,1-2H3. The van der Waals surface area contributed by atoms with Gasteiger partial charge < -0.3 is 14.6 Å². The number of carbonyl (C=O) groups excluding carboxylic acids is 1. The molecule has 0 saturated carbocycles. The predicted molar refractivity (Wildman–Crippen MR) is 145 cm³/mol. The van der Waals surface area contributed by atoms with Crippen molar-refractivity contribution in [1.29, 1.82) is 0 Å². The maximum absolute atomic E-state index is 12.0. The highest BCUT2D eigenvalue weighted by molar-refractivity contribution is 5.69. The molecule has 0 spiro atoms. The van der Waals surface area contributed by atoms with Crippen molar-refractivity contribution in [1.82, 2.24) is 0 Å². The molecule has 204 valence electrons. The normalized spacial score (nSPS) is 12.2. The van der Waals surface area contributed by atoms with Gasteiger partial charge in [0, 0.05) is 13.0 Å². The summed E-state index contributed by atoms with van der Waals surface area (Å²) in [6.45, 7) is 5.33. The zero-order valence-electron chi connectivity index (χ0n) is 23.1. The van der Waals surface area contributed by atoms with Crippen LogP contribution < -0.4 is 0 Å². The Morgan fingerprint density at radius 2 is 0.971 bits per heavy atom. The Morgan fingerprint density at radius 3 is 1.38 bits per heavy atom. The highest BCUT2D eigenvalue weighted by atomic mass is 16.6. The first-order chi connectivity index (χ1) is 16.7. The molecule has 0 heterocycles. The van der Waals surface area contributed by atoms with Crippen LogP contribution in [-0.2, 0) is 14.3 Å². The Morgan fingerprint density at radius 1 is 0.588 bits per heavy atom. The number of carbonyl (C=O) groups is 1. The van der Waals surface area contributed by atoms with Gasteiger partial charge in [-0.3, -0.25) is 4.79 Å². The van der Waals surface area contributed by atoms with Crippen LogP contribution in [-0.4, -0.2) is 37.0 Å². The van der Waals surface area contributed by atoms with Gasteiger partial charge in [-0.15, -0.1) is 0 Å². The zero-order chi connectivity index (χ0) is 25.0. The maximum atomic E-state index is 12.0. The molecule has 4 heteroatoms. The summed E-state index contributed by atoms with van der Waals surface area (Å²) < 4.78 is 11.0. The van der Waals surface area contributed by atoms with Crippen molar-refractivity contribution in [3.63, 3.8) is 0 Å². The van der Waals surface area contributed by atoms with Crippen molar-refractivity contribution >= 4 is 5.97 Å². The van der Waals surface area contributed by atoms with Gasteiger partial charge in [0.15, 0.2) is 0 Å². The minimum absolute atomic E-state index is 0.165. The van der Waals surface area contributed by atoms with Crippen LogP contribution in [0.15, 0.2) is 0 Å². The molecule has 0 rings (SSSR count). The summed E-state index contributed by atoms with van der Waals surface area (Å²) in [4.78, 5) is 12.0. The van der Waals surface area contributed by atoms with Gasteiger partial charge in [0.05, 0.1) is 13.2 Å². The average molecular weight is 485 g/mol. The summed E-state index contributed by atoms with van der Waals surface area (Å²) in [5, 5.41) is 9.44. The van der Waals surface area contributed by atoms with Crippen LogP contribution in [0.5, 0.6) is 0 Å². The van der Waals surface area contributed by atoms with E-state index in [1.807, 2.05) is 0 Å². The number of hydrogen-bond donors (Lipinski definition) is 1. The summed E-state index contributed by atoms with van der Waals surface area (Å²) in [7, 11) is 0. The molecule has 0 aromatic rings. The largest absolute Gasteiger partial charge is 0.457 e. The number of ether oxygens (including phenoxy) is 2. The molecular weight excluding hydrogens is 424 g/mol. The molecular formula is C30H60O4. The van der Waals surface area contributed by atoms with Crippen LogP contribution in [0.4, 0.5) is 0 Å². The van der Waals surface area contributed by atoms with Gasteiger partial charge in [-0.1, -0.05) is 142 Å². The molecule has 0 aliphatic rings. The third-order valence-electron chi connectivity index (χ3n) is 6.68. The summed E-state index contributed by atoms with van der Waals surface area (Å²) in [5.74, 6) is -0.201. The number of esters is 1. The van der Waals surface area contributed by atoms with E-state index in [0.717, 1.165) is 19.3 Å². The fourth-order valence-corrected chi connectivity index (χ4v) is 4.39. The van der Waals surface area contributed by atoms with Gasteiger partial charge in [0.2, 0.25) is 0 Å². The van der Waals surface area contributed by atoms with E-state index in [4.69, 9.17) is 9.47 Å². The second-order valence-electron chi connectivity index (χ2n) is 10.2. The Kier molecular flexibility index (Phi) is 28.1. The first-order valence-corrected chi connectivity index (χ1v) is 15.1. The SMILES string of the molecule is CCCCCCCCCCCCCCCCCC(=O)OC(CO)COCCCCCCCCC. The second-order valence-corrected chi connectivity index (χ2v) is 10.2. The molecule has 0 radical (unpaired) electrons. The smallest absolute Gasteiger partial charge is 0.306 e. The fraction of sp³-hybridized carbons (Fsp3) is 0.967. The maximum Gasteiger partial charge on any atom is 0.306 e. The number of hydrogen-bond acceptors (Lipinski definition) is 4. The van der Waals surface area contributed by atoms with Crippen LogP contribution in [0, 0.1) is 0 Å². The lowest BCUT2D eigenvalue weighted by molar-refractivity contribution is -0.154. The topological polar surface area (TPSA) is 55.8 Å². The van der Waals surface area contributed by atoms with E-state index in [-0.39, 0.29) is 12.6 Å². The number of unbranched alkanes of at least 4 members (excludes halogenated alkanes) is 20. The van der Waals surface area contributed by atoms with Gasteiger partial charge >= 0.3 is 5.97 Å². The van der Waals surface area contributed by atoms with E-state index in [1.54, 1.807) is 0 Å². The molecule has 0 saturated heterocycles. The molecule has 34 heavy (non-hydrogen) atoms. The number of aliphatic hydroxyl groups excluding tert-OH is 1. The Balaban J connectivity index is 3.39. The molecule has 0 amide bonds. The minimum Gasteiger partial charge on any atom is -0.457 e. The molecule has 1 unspecified atom stereocenters. The van der Waals surface area contributed by atoms with Crippen molar-refractivity contribution in [3.05, 3.63) is 0 Å². The quantitative estimate of drug-likeness (QED) is 0.0889. The van der Waals surface area contributed by atoms with E-state index in [9.17, 15) is 9.90 Å². The van der Waals surface area contributed by atoms with Crippen molar-refractivity contribution in [3.8, 4) is 0 Å². The van der Waals surface area contributed by atoms with Crippen LogP contribution in [0.2, 0.25) is 0 Å². The van der Waals surface area contributed by atoms with E-state index < -0.39 is 6.10 Å². The molecule has 0 aromatic heterocycles. The predicted octanol–water partition coefficient (Wildman–Crippen LogP) is 8.92. The molecule has 0 aliphatic carbocycles. The molecule has 1 N–H and O–H groups in total. The van der Waals surface area contributed by atoms with Gasteiger partial charge in [0.25, 0.3) is 0 Å². The summed E-state index contributed by atoms with van der Waals surface area (Å²) in [5.41, 5.74) is 0. The van der Waals surface area contributed by atoms with Crippen molar-refractivity contribution in [2.24, 2.45) is 0 Å².